The molecule has 3 aromatic carbocycles. The first-order valence-electron chi connectivity index (χ1n) is 11.1. The Bertz CT molecular complexity index is 1040. The topological polar surface area (TPSA) is 85.2 Å². The molecule has 0 spiro atoms. The third-order valence-electron chi connectivity index (χ3n) is 5.61. The number of carbonyl (C=O) groups is 1. The summed E-state index contributed by atoms with van der Waals surface area (Å²) in [6.45, 7) is 1.82. The van der Waals surface area contributed by atoms with Gasteiger partial charge in [-0.2, -0.15) is 0 Å². The normalized spacial score (nSPS) is 24.5. The van der Waals surface area contributed by atoms with E-state index in [0.717, 1.165) is 16.0 Å². The lowest BCUT2D eigenvalue weighted by Gasteiger charge is -2.43. The van der Waals surface area contributed by atoms with Crippen LogP contribution in [0.5, 0.6) is 0 Å². The largest absolute Gasteiger partial charge is 0.452 e. The van der Waals surface area contributed by atoms with Crippen molar-refractivity contribution in [1.29, 1.82) is 0 Å². The molecule has 4 rings (SSSR count). The Morgan fingerprint density at radius 2 is 1.59 bits per heavy atom. The molecule has 7 heteroatoms. The van der Waals surface area contributed by atoms with Gasteiger partial charge >= 0.3 is 5.97 Å². The van der Waals surface area contributed by atoms with E-state index in [0.29, 0.717) is 5.56 Å². The standard InChI is InChI=1S/C27H28O6S/c1-18-12-14-21(15-13-18)34-27-25(33-26(30)20-10-6-3-7-11-20)24(23(29)22(16-28)32-27)31-17-19-8-4-2-5-9-19/h2-15,22-25,27-29H,16-17H2,1H3/t22?,23-,24+,25-,27?/m1/s1. The fourth-order valence-electron chi connectivity index (χ4n) is 3.74. The lowest BCUT2D eigenvalue weighted by molar-refractivity contribution is -0.223. The highest BCUT2D eigenvalue weighted by Crippen LogP contribution is 2.36. The van der Waals surface area contributed by atoms with E-state index in [1.807, 2.05) is 67.6 Å². The summed E-state index contributed by atoms with van der Waals surface area (Å²) < 4.78 is 18.0. The zero-order valence-corrected chi connectivity index (χ0v) is 19.6. The van der Waals surface area contributed by atoms with E-state index in [9.17, 15) is 15.0 Å². The van der Waals surface area contributed by atoms with Gasteiger partial charge in [0.1, 0.15) is 23.7 Å². The lowest BCUT2D eigenvalue weighted by atomic mass is 9.99. The highest BCUT2D eigenvalue weighted by atomic mass is 32.2. The van der Waals surface area contributed by atoms with Gasteiger partial charge in [0.15, 0.2) is 6.10 Å². The van der Waals surface area contributed by atoms with Gasteiger partial charge in [0.05, 0.1) is 18.8 Å². The van der Waals surface area contributed by atoms with Crippen LogP contribution >= 0.6 is 11.8 Å². The van der Waals surface area contributed by atoms with Gasteiger partial charge in [-0.05, 0) is 36.8 Å². The molecule has 5 atom stereocenters. The number of carbonyl (C=O) groups excluding carboxylic acids is 1. The Hall–Kier alpha value is -2.68. The molecular weight excluding hydrogens is 452 g/mol. The third kappa shape index (κ3) is 6.05. The van der Waals surface area contributed by atoms with E-state index in [-0.39, 0.29) is 6.61 Å². The van der Waals surface area contributed by atoms with Gasteiger partial charge in [-0.1, -0.05) is 78.0 Å². The first-order valence-corrected chi connectivity index (χ1v) is 12.0. The summed E-state index contributed by atoms with van der Waals surface area (Å²) in [6.07, 6.45) is -3.88. The van der Waals surface area contributed by atoms with E-state index >= 15 is 0 Å². The Labute approximate surface area is 203 Å². The van der Waals surface area contributed by atoms with Crippen molar-refractivity contribution in [2.75, 3.05) is 6.61 Å². The van der Waals surface area contributed by atoms with Crippen LogP contribution in [0.2, 0.25) is 0 Å². The average Bonchev–Trinajstić information content (AvgIpc) is 2.87. The molecule has 0 saturated carbocycles. The average molecular weight is 481 g/mol. The molecule has 2 unspecified atom stereocenters. The number of esters is 1. The summed E-state index contributed by atoms with van der Waals surface area (Å²) >= 11 is 1.36. The summed E-state index contributed by atoms with van der Waals surface area (Å²) in [7, 11) is 0. The van der Waals surface area contributed by atoms with Gasteiger partial charge in [0.2, 0.25) is 0 Å². The first kappa shape index (κ1) is 24.4. The fraction of sp³-hybridized carbons (Fsp3) is 0.296. The number of aliphatic hydroxyl groups is 2. The maximum absolute atomic E-state index is 13.0. The monoisotopic (exact) mass is 480 g/mol. The Morgan fingerprint density at radius 1 is 0.941 bits per heavy atom. The number of hydrogen-bond donors (Lipinski definition) is 2. The van der Waals surface area contributed by atoms with E-state index in [4.69, 9.17) is 14.2 Å². The number of thioether (sulfide) groups is 1. The first-order chi connectivity index (χ1) is 16.5. The number of hydrogen-bond acceptors (Lipinski definition) is 7. The lowest BCUT2D eigenvalue weighted by Crippen LogP contribution is -2.59. The van der Waals surface area contributed by atoms with E-state index < -0.39 is 42.4 Å². The van der Waals surface area contributed by atoms with Crippen LogP contribution in [0.3, 0.4) is 0 Å². The van der Waals surface area contributed by atoms with Gasteiger partial charge in [0.25, 0.3) is 0 Å². The summed E-state index contributed by atoms with van der Waals surface area (Å²) in [4.78, 5) is 13.9. The van der Waals surface area contributed by atoms with E-state index in [1.165, 1.54) is 11.8 Å². The number of benzene rings is 3. The van der Waals surface area contributed by atoms with Crippen LogP contribution in [0.25, 0.3) is 0 Å². The smallest absolute Gasteiger partial charge is 0.338 e. The molecule has 1 saturated heterocycles. The minimum atomic E-state index is -1.18. The maximum atomic E-state index is 13.0. The zero-order chi connectivity index (χ0) is 23.9. The van der Waals surface area contributed by atoms with E-state index in [1.54, 1.807) is 24.3 Å². The number of ether oxygens (including phenoxy) is 3. The molecular formula is C27H28O6S. The molecule has 3 aromatic rings. The predicted octanol–water partition coefficient (Wildman–Crippen LogP) is 3.98. The van der Waals surface area contributed by atoms with Gasteiger partial charge < -0.3 is 24.4 Å². The van der Waals surface area contributed by atoms with Crippen LogP contribution in [0.4, 0.5) is 0 Å². The SMILES string of the molecule is Cc1ccc(SC2OC(CO)[C@@H](O)[C@H](OCc3ccccc3)[C@H]2OC(=O)c2ccccc2)cc1. The van der Waals surface area contributed by atoms with Gasteiger partial charge in [0, 0.05) is 4.90 Å². The Balaban J connectivity index is 1.61. The highest BCUT2D eigenvalue weighted by Gasteiger charge is 2.48. The van der Waals surface area contributed by atoms with Crippen LogP contribution in [-0.2, 0) is 20.8 Å². The molecule has 0 aromatic heterocycles. The summed E-state index contributed by atoms with van der Waals surface area (Å²) in [6, 6.07) is 26.1. The van der Waals surface area contributed by atoms with Crippen molar-refractivity contribution >= 4 is 17.7 Å². The molecule has 1 aliphatic heterocycles. The molecule has 1 heterocycles. The van der Waals surface area contributed by atoms with E-state index in [2.05, 4.69) is 0 Å². The molecule has 0 bridgehead atoms. The summed E-state index contributed by atoms with van der Waals surface area (Å²) in [5.41, 5.74) is 1.73. The molecule has 178 valence electrons. The quantitative estimate of drug-likeness (QED) is 0.472. The Kier molecular flexibility index (Phi) is 8.37. The maximum Gasteiger partial charge on any atom is 0.338 e. The number of aliphatic hydroxyl groups excluding tert-OH is 2. The van der Waals surface area contributed by atoms with Crippen LogP contribution < -0.4 is 0 Å². The number of aryl methyl sites for hydroxylation is 1. The fourth-order valence-corrected chi connectivity index (χ4v) is 4.84. The van der Waals surface area contributed by atoms with Crippen molar-refractivity contribution in [2.24, 2.45) is 0 Å². The van der Waals surface area contributed by atoms with Gasteiger partial charge in [-0.3, -0.25) is 0 Å². The number of rotatable bonds is 8. The molecule has 0 amide bonds. The second-order valence-corrected chi connectivity index (χ2v) is 9.32. The molecule has 0 radical (unpaired) electrons. The molecule has 1 fully saturated rings. The van der Waals surface area contributed by atoms with Crippen LogP contribution in [0.15, 0.2) is 89.8 Å². The molecule has 6 nitrogen and oxygen atoms in total. The second kappa shape index (κ2) is 11.6. The van der Waals surface area contributed by atoms with Crippen molar-refractivity contribution in [2.45, 2.75) is 48.3 Å². The summed E-state index contributed by atoms with van der Waals surface area (Å²) in [5, 5.41) is 20.8. The van der Waals surface area contributed by atoms with Crippen LogP contribution in [0, 0.1) is 6.92 Å². The highest BCUT2D eigenvalue weighted by molar-refractivity contribution is 7.99. The predicted molar refractivity (Wildman–Crippen MR) is 129 cm³/mol. The van der Waals surface area contributed by atoms with Crippen molar-refractivity contribution in [3.8, 4) is 0 Å². The molecule has 2 N–H and O–H groups in total. The zero-order valence-electron chi connectivity index (χ0n) is 18.8. The summed E-state index contributed by atoms with van der Waals surface area (Å²) in [5.74, 6) is -0.535. The molecule has 1 aliphatic rings. The minimum absolute atomic E-state index is 0.210. The van der Waals surface area contributed by atoms with Crippen molar-refractivity contribution in [3.63, 3.8) is 0 Å². The second-order valence-electron chi connectivity index (χ2n) is 8.14. The molecule has 34 heavy (non-hydrogen) atoms. The van der Waals surface area contributed by atoms with Gasteiger partial charge in [-0.25, -0.2) is 4.79 Å². The van der Waals surface area contributed by atoms with Crippen LogP contribution in [0.1, 0.15) is 21.5 Å². The van der Waals surface area contributed by atoms with Crippen LogP contribution in [-0.4, -0.2) is 52.6 Å². The van der Waals surface area contributed by atoms with Crippen molar-refractivity contribution in [1.82, 2.24) is 0 Å². The minimum Gasteiger partial charge on any atom is -0.452 e. The van der Waals surface area contributed by atoms with Gasteiger partial charge in [-0.15, -0.1) is 0 Å². The Morgan fingerprint density at radius 3 is 2.24 bits per heavy atom. The third-order valence-corrected chi connectivity index (χ3v) is 6.77. The molecule has 0 aliphatic carbocycles. The van der Waals surface area contributed by atoms with Crippen molar-refractivity contribution < 1.29 is 29.2 Å². The van der Waals surface area contributed by atoms with Crippen molar-refractivity contribution in [3.05, 3.63) is 102 Å².